The van der Waals surface area contributed by atoms with Crippen LogP contribution in [0.4, 0.5) is 13.6 Å². The molecule has 8 heteroatoms. The van der Waals surface area contributed by atoms with Gasteiger partial charge in [0.25, 0.3) is 0 Å². The van der Waals surface area contributed by atoms with Crippen LogP contribution in [-0.2, 0) is 15.1 Å². The molecule has 2 N–H and O–H groups in total. The number of cyclic esters (lactones) is 1. The quantitative estimate of drug-likeness (QED) is 0.620. The average molecular weight is 432 g/mol. The molecule has 1 heterocycles. The first-order valence-corrected chi connectivity index (χ1v) is 10.2. The van der Waals surface area contributed by atoms with Crippen LogP contribution in [0.5, 0.6) is 5.75 Å². The third-order valence-electron chi connectivity index (χ3n) is 5.60. The Morgan fingerprint density at radius 3 is 2.42 bits per heavy atom. The molecule has 0 bridgehead atoms. The Morgan fingerprint density at radius 1 is 1.19 bits per heavy atom. The van der Waals surface area contributed by atoms with E-state index in [1.807, 2.05) is 37.3 Å². The lowest BCUT2D eigenvalue weighted by Crippen LogP contribution is -2.49. The Hall–Kier alpha value is -3.16. The van der Waals surface area contributed by atoms with Crippen molar-refractivity contribution in [1.82, 2.24) is 4.90 Å². The lowest BCUT2D eigenvalue weighted by molar-refractivity contribution is -0.121. The lowest BCUT2D eigenvalue weighted by Gasteiger charge is -2.44. The van der Waals surface area contributed by atoms with Gasteiger partial charge in [0, 0.05) is 25.8 Å². The SMILES string of the molecule is CC[C@@H](c1ccc(OC(F)F)cc1)N1CC[C@@](CCC(N)=O)(c2ccccc2)OC1=O. The molecule has 0 aromatic heterocycles. The second kappa shape index (κ2) is 9.76. The molecule has 3 rings (SSSR count). The van der Waals surface area contributed by atoms with Gasteiger partial charge in [-0.1, -0.05) is 49.4 Å². The molecule has 1 aliphatic heterocycles. The summed E-state index contributed by atoms with van der Waals surface area (Å²) >= 11 is 0. The van der Waals surface area contributed by atoms with Gasteiger partial charge >= 0.3 is 12.7 Å². The van der Waals surface area contributed by atoms with Gasteiger partial charge in [-0.15, -0.1) is 0 Å². The summed E-state index contributed by atoms with van der Waals surface area (Å²) < 4.78 is 35.1. The fourth-order valence-corrected chi connectivity index (χ4v) is 4.05. The van der Waals surface area contributed by atoms with E-state index in [1.165, 1.54) is 12.1 Å². The Kier molecular flexibility index (Phi) is 7.09. The number of alkyl halides is 2. The lowest BCUT2D eigenvalue weighted by atomic mass is 9.84. The second-order valence-electron chi connectivity index (χ2n) is 7.51. The number of hydrogen-bond acceptors (Lipinski definition) is 4. The van der Waals surface area contributed by atoms with Crippen LogP contribution in [0.3, 0.4) is 0 Å². The maximum Gasteiger partial charge on any atom is 0.411 e. The highest BCUT2D eigenvalue weighted by Gasteiger charge is 2.43. The standard InChI is InChI=1S/C23H26F2N2O4/c1-2-19(16-8-10-18(11-9-16)30-21(24)25)27-15-14-23(31-22(27)29,13-12-20(26)28)17-6-4-3-5-7-17/h3-11,19,21H,2,12-15H2,1H3,(H2,26,28)/t19-,23-/m0/s1. The van der Waals surface area contributed by atoms with Crippen molar-refractivity contribution in [3.8, 4) is 5.75 Å². The number of primary amides is 1. The van der Waals surface area contributed by atoms with Gasteiger partial charge < -0.3 is 20.1 Å². The number of nitrogens with zero attached hydrogens (tertiary/aromatic N) is 1. The molecule has 0 aliphatic carbocycles. The molecule has 2 aromatic rings. The molecular weight excluding hydrogens is 406 g/mol. The van der Waals surface area contributed by atoms with Gasteiger partial charge in [-0.3, -0.25) is 4.79 Å². The Morgan fingerprint density at radius 2 is 1.87 bits per heavy atom. The number of nitrogens with two attached hydrogens (primary N) is 1. The molecular formula is C23H26F2N2O4. The van der Waals surface area contributed by atoms with Crippen LogP contribution in [0.1, 0.15) is 49.8 Å². The van der Waals surface area contributed by atoms with Crippen molar-refractivity contribution in [3.05, 3.63) is 65.7 Å². The van der Waals surface area contributed by atoms with Gasteiger partial charge in [0.05, 0.1) is 6.04 Å². The fourth-order valence-electron chi connectivity index (χ4n) is 4.05. The van der Waals surface area contributed by atoms with Crippen LogP contribution in [0.15, 0.2) is 54.6 Å². The Labute approximate surface area is 179 Å². The van der Waals surface area contributed by atoms with E-state index in [4.69, 9.17) is 10.5 Å². The molecule has 6 nitrogen and oxygen atoms in total. The summed E-state index contributed by atoms with van der Waals surface area (Å²) in [5, 5.41) is 0. The first-order chi connectivity index (χ1) is 14.8. The maximum atomic E-state index is 13.1. The van der Waals surface area contributed by atoms with Gasteiger partial charge in [-0.2, -0.15) is 8.78 Å². The van der Waals surface area contributed by atoms with Gasteiger partial charge in [-0.25, -0.2) is 4.79 Å². The number of benzene rings is 2. The van der Waals surface area contributed by atoms with E-state index in [0.29, 0.717) is 25.8 Å². The number of amides is 2. The zero-order valence-electron chi connectivity index (χ0n) is 17.3. The van der Waals surface area contributed by atoms with E-state index in [-0.39, 0.29) is 18.2 Å². The van der Waals surface area contributed by atoms with E-state index in [0.717, 1.165) is 11.1 Å². The highest BCUT2D eigenvalue weighted by Crippen LogP contribution is 2.41. The van der Waals surface area contributed by atoms with Crippen molar-refractivity contribution in [2.24, 2.45) is 5.73 Å². The molecule has 1 saturated heterocycles. The molecule has 2 atom stereocenters. The predicted molar refractivity (Wildman–Crippen MR) is 110 cm³/mol. The number of ether oxygens (including phenoxy) is 2. The van der Waals surface area contributed by atoms with Gasteiger partial charge in [0.2, 0.25) is 5.91 Å². The van der Waals surface area contributed by atoms with Gasteiger partial charge in [0.15, 0.2) is 0 Å². The van der Waals surface area contributed by atoms with Crippen molar-refractivity contribution >= 4 is 12.0 Å². The summed E-state index contributed by atoms with van der Waals surface area (Å²) in [4.78, 5) is 26.1. The average Bonchev–Trinajstić information content (AvgIpc) is 2.75. The molecule has 1 fully saturated rings. The number of halogens is 2. The van der Waals surface area contributed by atoms with Crippen LogP contribution in [0, 0.1) is 0 Å². The van der Waals surface area contributed by atoms with Crippen molar-refractivity contribution in [2.75, 3.05) is 6.54 Å². The molecule has 0 unspecified atom stereocenters. The molecule has 0 radical (unpaired) electrons. The number of carbonyl (C=O) groups is 2. The molecule has 0 spiro atoms. The van der Waals surface area contributed by atoms with E-state index >= 15 is 0 Å². The molecule has 31 heavy (non-hydrogen) atoms. The minimum absolute atomic E-state index is 0.0596. The van der Waals surface area contributed by atoms with E-state index in [9.17, 15) is 18.4 Å². The van der Waals surface area contributed by atoms with Crippen LogP contribution < -0.4 is 10.5 Å². The van der Waals surface area contributed by atoms with Crippen LogP contribution in [-0.4, -0.2) is 30.1 Å². The minimum atomic E-state index is -2.89. The molecule has 2 amide bonds. The highest BCUT2D eigenvalue weighted by molar-refractivity contribution is 5.74. The number of carbonyl (C=O) groups excluding carboxylic acids is 2. The summed E-state index contributed by atoms with van der Waals surface area (Å²) in [5.41, 5.74) is 6.05. The van der Waals surface area contributed by atoms with Crippen LogP contribution in [0.25, 0.3) is 0 Å². The number of rotatable bonds is 9. The molecule has 0 saturated carbocycles. The Bertz CT molecular complexity index is 892. The summed E-state index contributed by atoms with van der Waals surface area (Å²) in [5.74, 6) is -0.393. The summed E-state index contributed by atoms with van der Waals surface area (Å²) in [6.45, 7) is -0.537. The van der Waals surface area contributed by atoms with E-state index < -0.39 is 24.2 Å². The normalized spacial score (nSPS) is 19.7. The predicted octanol–water partition coefficient (Wildman–Crippen LogP) is 4.74. The first kappa shape index (κ1) is 22.5. The summed E-state index contributed by atoms with van der Waals surface area (Å²) in [7, 11) is 0. The van der Waals surface area contributed by atoms with Crippen molar-refractivity contribution in [3.63, 3.8) is 0 Å². The van der Waals surface area contributed by atoms with Crippen molar-refractivity contribution < 1.29 is 27.8 Å². The largest absolute Gasteiger partial charge is 0.438 e. The van der Waals surface area contributed by atoms with Crippen LogP contribution in [0.2, 0.25) is 0 Å². The van der Waals surface area contributed by atoms with Gasteiger partial charge in [0.1, 0.15) is 11.4 Å². The van der Waals surface area contributed by atoms with E-state index in [2.05, 4.69) is 4.74 Å². The highest BCUT2D eigenvalue weighted by atomic mass is 19.3. The Balaban J connectivity index is 1.80. The summed E-state index contributed by atoms with van der Waals surface area (Å²) in [6.07, 6.45) is 1.04. The molecule has 2 aromatic carbocycles. The van der Waals surface area contributed by atoms with Crippen LogP contribution >= 0.6 is 0 Å². The molecule has 166 valence electrons. The second-order valence-corrected chi connectivity index (χ2v) is 7.51. The third-order valence-corrected chi connectivity index (χ3v) is 5.60. The summed E-state index contributed by atoms with van der Waals surface area (Å²) in [6, 6.07) is 15.3. The monoisotopic (exact) mass is 432 g/mol. The maximum absolute atomic E-state index is 13.1. The molecule has 1 aliphatic rings. The smallest absolute Gasteiger partial charge is 0.411 e. The zero-order chi connectivity index (χ0) is 22.4. The fraction of sp³-hybridized carbons (Fsp3) is 0.391. The van der Waals surface area contributed by atoms with Gasteiger partial charge in [-0.05, 0) is 29.7 Å². The van der Waals surface area contributed by atoms with Crippen molar-refractivity contribution in [2.45, 2.75) is 50.9 Å². The first-order valence-electron chi connectivity index (χ1n) is 10.2. The zero-order valence-corrected chi connectivity index (χ0v) is 17.3. The van der Waals surface area contributed by atoms with Crippen molar-refractivity contribution in [1.29, 1.82) is 0 Å². The van der Waals surface area contributed by atoms with E-state index in [1.54, 1.807) is 17.0 Å². The third kappa shape index (κ3) is 5.31. The number of hydrogen-bond donors (Lipinski definition) is 1. The minimum Gasteiger partial charge on any atom is -0.438 e. The topological polar surface area (TPSA) is 81.9 Å².